The molecule has 0 saturated carbocycles. The van der Waals surface area contributed by atoms with E-state index >= 15 is 0 Å². The third-order valence-corrected chi connectivity index (χ3v) is 3.43. The molecule has 6 heteroatoms. The Bertz CT molecular complexity index is 595. The van der Waals surface area contributed by atoms with Gasteiger partial charge in [-0.05, 0) is 25.1 Å². The summed E-state index contributed by atoms with van der Waals surface area (Å²) in [5, 5.41) is 10.3. The molecule has 3 N–H and O–H groups in total. The molecule has 0 amide bonds. The van der Waals surface area contributed by atoms with Crippen molar-refractivity contribution in [3.05, 3.63) is 39.8 Å². The number of aryl methyl sites for hydroxylation is 1. The van der Waals surface area contributed by atoms with Crippen molar-refractivity contribution in [3.63, 3.8) is 0 Å². The first kappa shape index (κ1) is 13.4. The standard InChI is InChI=1S/C13H15N3O2S/c1-8-7-19-12(16-8)6-18-10-4-3-9(13(14)15)5-11(10)17-2/h3-5,7H,6H2,1-2H3,(H3,14,15). The number of hydrogen-bond acceptors (Lipinski definition) is 5. The van der Waals surface area contributed by atoms with E-state index in [9.17, 15) is 0 Å². The van der Waals surface area contributed by atoms with Crippen molar-refractivity contribution in [2.24, 2.45) is 5.73 Å². The van der Waals surface area contributed by atoms with Crippen molar-refractivity contribution in [3.8, 4) is 11.5 Å². The lowest BCUT2D eigenvalue weighted by molar-refractivity contribution is 0.284. The SMILES string of the molecule is COc1cc(C(=N)N)ccc1OCc1nc(C)cs1. The Balaban J connectivity index is 2.13. The molecule has 1 aromatic carbocycles. The molecule has 0 atom stereocenters. The maximum Gasteiger partial charge on any atom is 0.161 e. The van der Waals surface area contributed by atoms with E-state index in [0.29, 0.717) is 23.7 Å². The van der Waals surface area contributed by atoms with E-state index in [4.69, 9.17) is 20.6 Å². The maximum atomic E-state index is 7.39. The van der Waals surface area contributed by atoms with Gasteiger partial charge in [0, 0.05) is 16.6 Å². The smallest absolute Gasteiger partial charge is 0.161 e. The molecule has 0 fully saturated rings. The second kappa shape index (κ2) is 5.71. The molecule has 2 rings (SSSR count). The fourth-order valence-corrected chi connectivity index (χ4v) is 2.25. The van der Waals surface area contributed by atoms with Crippen LogP contribution >= 0.6 is 11.3 Å². The fraction of sp³-hybridized carbons (Fsp3) is 0.231. The number of hydrogen-bond donors (Lipinski definition) is 2. The number of methoxy groups -OCH3 is 1. The molecule has 0 aliphatic heterocycles. The summed E-state index contributed by atoms with van der Waals surface area (Å²) in [5.74, 6) is 1.17. The number of nitrogen functional groups attached to an aromatic ring is 1. The van der Waals surface area contributed by atoms with Crippen molar-refractivity contribution in [2.45, 2.75) is 13.5 Å². The Morgan fingerprint density at radius 3 is 2.79 bits per heavy atom. The first-order valence-electron chi connectivity index (χ1n) is 5.66. The van der Waals surface area contributed by atoms with E-state index in [1.165, 1.54) is 0 Å². The predicted molar refractivity (Wildman–Crippen MR) is 75.2 cm³/mol. The minimum absolute atomic E-state index is 0.000369. The number of rotatable bonds is 5. The average molecular weight is 277 g/mol. The number of ether oxygens (including phenoxy) is 2. The monoisotopic (exact) mass is 277 g/mol. The molecule has 0 aliphatic rings. The quantitative estimate of drug-likeness (QED) is 0.649. The highest BCUT2D eigenvalue weighted by Crippen LogP contribution is 2.29. The van der Waals surface area contributed by atoms with Crippen LogP contribution in [0, 0.1) is 12.3 Å². The largest absolute Gasteiger partial charge is 0.493 e. The lowest BCUT2D eigenvalue weighted by Crippen LogP contribution is -2.11. The van der Waals surface area contributed by atoms with Gasteiger partial charge in [-0.1, -0.05) is 0 Å². The zero-order chi connectivity index (χ0) is 13.8. The molecule has 5 nitrogen and oxygen atoms in total. The number of thiazole rings is 1. The van der Waals surface area contributed by atoms with Crippen LogP contribution < -0.4 is 15.2 Å². The first-order chi connectivity index (χ1) is 9.10. The molecule has 0 aliphatic carbocycles. The van der Waals surface area contributed by atoms with Crippen molar-refractivity contribution < 1.29 is 9.47 Å². The second-order valence-corrected chi connectivity index (χ2v) is 4.89. The second-order valence-electron chi connectivity index (χ2n) is 3.95. The lowest BCUT2D eigenvalue weighted by atomic mass is 10.2. The molecule has 0 unspecified atom stereocenters. The van der Waals surface area contributed by atoms with Gasteiger partial charge in [-0.3, -0.25) is 5.41 Å². The van der Waals surface area contributed by atoms with Crippen LogP contribution in [0.2, 0.25) is 0 Å². The summed E-state index contributed by atoms with van der Waals surface area (Å²) in [4.78, 5) is 4.33. The Hall–Kier alpha value is -2.08. The van der Waals surface area contributed by atoms with Gasteiger partial charge in [-0.15, -0.1) is 11.3 Å². The lowest BCUT2D eigenvalue weighted by Gasteiger charge is -2.10. The van der Waals surface area contributed by atoms with Crippen molar-refractivity contribution >= 4 is 17.2 Å². The van der Waals surface area contributed by atoms with Crippen LogP contribution in [-0.2, 0) is 6.61 Å². The summed E-state index contributed by atoms with van der Waals surface area (Å²) in [7, 11) is 1.56. The zero-order valence-electron chi connectivity index (χ0n) is 10.8. The van der Waals surface area contributed by atoms with Gasteiger partial charge in [-0.2, -0.15) is 0 Å². The third kappa shape index (κ3) is 3.23. The van der Waals surface area contributed by atoms with E-state index in [1.807, 2.05) is 12.3 Å². The molecule has 1 heterocycles. The summed E-state index contributed by atoms with van der Waals surface area (Å²) in [6, 6.07) is 5.16. The number of aromatic nitrogens is 1. The molecular weight excluding hydrogens is 262 g/mol. The van der Waals surface area contributed by atoms with Crippen molar-refractivity contribution in [2.75, 3.05) is 7.11 Å². The van der Waals surface area contributed by atoms with Crippen LogP contribution in [-0.4, -0.2) is 17.9 Å². The van der Waals surface area contributed by atoms with Gasteiger partial charge in [0.2, 0.25) is 0 Å². The molecule has 19 heavy (non-hydrogen) atoms. The van der Waals surface area contributed by atoms with Gasteiger partial charge >= 0.3 is 0 Å². The summed E-state index contributed by atoms with van der Waals surface area (Å²) in [5.41, 5.74) is 7.03. The van der Waals surface area contributed by atoms with Crippen LogP contribution in [0.4, 0.5) is 0 Å². The summed E-state index contributed by atoms with van der Waals surface area (Å²) in [6.07, 6.45) is 0. The highest BCUT2D eigenvalue weighted by molar-refractivity contribution is 7.09. The Morgan fingerprint density at radius 1 is 1.42 bits per heavy atom. The summed E-state index contributed by atoms with van der Waals surface area (Å²) < 4.78 is 10.9. The van der Waals surface area contributed by atoms with Gasteiger partial charge < -0.3 is 15.2 Å². The molecule has 2 aromatic rings. The zero-order valence-corrected chi connectivity index (χ0v) is 11.6. The fourth-order valence-electron chi connectivity index (χ4n) is 1.56. The van der Waals surface area contributed by atoms with E-state index in [1.54, 1.807) is 36.6 Å². The minimum atomic E-state index is 0.000369. The maximum absolute atomic E-state index is 7.39. The van der Waals surface area contributed by atoms with Crippen LogP contribution in [0.25, 0.3) is 0 Å². The molecular formula is C13H15N3O2S. The van der Waals surface area contributed by atoms with Crippen LogP contribution in [0.5, 0.6) is 11.5 Å². The van der Waals surface area contributed by atoms with Crippen LogP contribution in [0.15, 0.2) is 23.6 Å². The highest BCUT2D eigenvalue weighted by atomic mass is 32.1. The first-order valence-corrected chi connectivity index (χ1v) is 6.54. The predicted octanol–water partition coefficient (Wildman–Crippen LogP) is 2.32. The molecule has 100 valence electrons. The van der Waals surface area contributed by atoms with E-state index < -0.39 is 0 Å². The van der Waals surface area contributed by atoms with Gasteiger partial charge in [0.15, 0.2) is 11.5 Å². The molecule has 0 spiro atoms. The Kier molecular flexibility index (Phi) is 4.01. The van der Waals surface area contributed by atoms with E-state index in [0.717, 1.165) is 10.7 Å². The van der Waals surface area contributed by atoms with Crippen LogP contribution in [0.1, 0.15) is 16.3 Å². The topological polar surface area (TPSA) is 81.2 Å². The van der Waals surface area contributed by atoms with Gasteiger partial charge in [0.05, 0.1) is 7.11 Å². The molecule has 0 bridgehead atoms. The molecule has 1 aromatic heterocycles. The molecule has 0 radical (unpaired) electrons. The number of nitrogens with two attached hydrogens (primary N) is 1. The number of nitrogens with one attached hydrogen (secondary N) is 1. The highest BCUT2D eigenvalue weighted by Gasteiger charge is 2.08. The van der Waals surface area contributed by atoms with Crippen molar-refractivity contribution in [1.82, 2.24) is 4.98 Å². The van der Waals surface area contributed by atoms with Crippen molar-refractivity contribution in [1.29, 1.82) is 5.41 Å². The third-order valence-electron chi connectivity index (χ3n) is 2.49. The van der Waals surface area contributed by atoms with Gasteiger partial charge in [-0.25, -0.2) is 4.98 Å². The van der Waals surface area contributed by atoms with E-state index in [-0.39, 0.29) is 5.84 Å². The average Bonchev–Trinajstić information content (AvgIpc) is 2.81. The van der Waals surface area contributed by atoms with Gasteiger partial charge in [0.1, 0.15) is 17.5 Å². The minimum Gasteiger partial charge on any atom is -0.493 e. The number of amidine groups is 1. The van der Waals surface area contributed by atoms with Gasteiger partial charge in [0.25, 0.3) is 0 Å². The number of nitrogens with zero attached hydrogens (tertiary/aromatic N) is 1. The van der Waals surface area contributed by atoms with Crippen LogP contribution in [0.3, 0.4) is 0 Å². The summed E-state index contributed by atoms with van der Waals surface area (Å²) >= 11 is 1.56. The molecule has 0 saturated heterocycles. The number of benzene rings is 1. The Labute approximate surface area is 115 Å². The normalized spacial score (nSPS) is 10.2. The van der Waals surface area contributed by atoms with E-state index in [2.05, 4.69) is 4.98 Å². The Morgan fingerprint density at radius 2 is 2.21 bits per heavy atom. The summed E-state index contributed by atoms with van der Waals surface area (Å²) in [6.45, 7) is 2.34.